The second-order valence-electron chi connectivity index (χ2n) is 3.68. The molecule has 1 aromatic heterocycles. The van der Waals surface area contributed by atoms with Crippen LogP contribution in [0.4, 0.5) is 0 Å². The van der Waals surface area contributed by atoms with Crippen molar-refractivity contribution >= 4 is 23.2 Å². The number of rotatable bonds is 3. The van der Waals surface area contributed by atoms with Gasteiger partial charge in [-0.1, -0.05) is 35.3 Å². The largest absolute Gasteiger partial charge is 0.486 e. The van der Waals surface area contributed by atoms with Crippen molar-refractivity contribution in [2.75, 3.05) is 0 Å². The molecule has 0 aliphatic heterocycles. The molecule has 2 rings (SSSR count). The van der Waals surface area contributed by atoms with Crippen LogP contribution in [0.1, 0.15) is 11.1 Å². The maximum atomic E-state index is 6.11. The van der Waals surface area contributed by atoms with Gasteiger partial charge in [0.1, 0.15) is 6.61 Å². The third-order valence-corrected chi connectivity index (χ3v) is 2.95. The molecule has 0 aliphatic carbocycles. The minimum atomic E-state index is 0.357. The van der Waals surface area contributed by atoms with Crippen molar-refractivity contribution in [3.63, 3.8) is 0 Å². The van der Waals surface area contributed by atoms with Crippen molar-refractivity contribution in [3.8, 4) is 5.75 Å². The molecule has 2 nitrogen and oxygen atoms in total. The van der Waals surface area contributed by atoms with E-state index >= 15 is 0 Å². The minimum absolute atomic E-state index is 0.357. The second kappa shape index (κ2) is 5.39. The summed E-state index contributed by atoms with van der Waals surface area (Å²) in [6, 6.07) is 9.40. The Morgan fingerprint density at radius 1 is 1.24 bits per heavy atom. The summed E-state index contributed by atoms with van der Waals surface area (Å²) in [5.41, 5.74) is 2.05. The van der Waals surface area contributed by atoms with Gasteiger partial charge in [0.05, 0.1) is 0 Å². The van der Waals surface area contributed by atoms with E-state index < -0.39 is 0 Å². The predicted molar refractivity (Wildman–Crippen MR) is 69.8 cm³/mol. The normalized spacial score (nSPS) is 10.3. The van der Waals surface area contributed by atoms with Crippen LogP contribution in [0, 0.1) is 6.92 Å². The highest BCUT2D eigenvalue weighted by Crippen LogP contribution is 2.24. The fraction of sp³-hybridized carbons (Fsp3) is 0.154. The Labute approximate surface area is 110 Å². The summed E-state index contributed by atoms with van der Waals surface area (Å²) in [5.74, 6) is 0.561. The van der Waals surface area contributed by atoms with Crippen LogP contribution >= 0.6 is 23.2 Å². The highest BCUT2D eigenvalue weighted by Gasteiger charge is 2.04. The molecule has 0 fully saturated rings. The summed E-state index contributed by atoms with van der Waals surface area (Å²) in [7, 11) is 0. The zero-order valence-electron chi connectivity index (χ0n) is 9.28. The molecule has 1 heterocycles. The Kier molecular flexibility index (Phi) is 3.87. The van der Waals surface area contributed by atoms with Crippen LogP contribution in [-0.4, -0.2) is 4.98 Å². The number of halogens is 2. The number of hydrogen-bond donors (Lipinski definition) is 0. The van der Waals surface area contributed by atoms with Gasteiger partial charge in [-0.3, -0.25) is 0 Å². The lowest BCUT2D eigenvalue weighted by atomic mass is 10.2. The van der Waals surface area contributed by atoms with E-state index in [1.165, 1.54) is 0 Å². The van der Waals surface area contributed by atoms with Gasteiger partial charge in [0.15, 0.2) is 10.9 Å². The predicted octanol–water partition coefficient (Wildman–Crippen LogP) is 4.28. The second-order valence-corrected chi connectivity index (χ2v) is 4.44. The molecule has 4 heteroatoms. The van der Waals surface area contributed by atoms with E-state index in [9.17, 15) is 0 Å². The first-order valence-electron chi connectivity index (χ1n) is 5.15. The van der Waals surface area contributed by atoms with E-state index in [2.05, 4.69) is 4.98 Å². The maximum Gasteiger partial charge on any atom is 0.171 e. The van der Waals surface area contributed by atoms with E-state index in [0.717, 1.165) is 11.1 Å². The zero-order valence-corrected chi connectivity index (χ0v) is 10.8. The fourth-order valence-corrected chi connectivity index (χ4v) is 1.87. The molecule has 1 aromatic carbocycles. The first kappa shape index (κ1) is 12.2. The first-order chi connectivity index (χ1) is 8.16. The Hall–Kier alpha value is -1.25. The van der Waals surface area contributed by atoms with Crippen LogP contribution in [0.5, 0.6) is 5.75 Å². The quantitative estimate of drug-likeness (QED) is 0.775. The van der Waals surface area contributed by atoms with Crippen molar-refractivity contribution in [2.45, 2.75) is 13.5 Å². The number of aryl methyl sites for hydroxylation is 1. The Bertz CT molecular complexity index is 529. The number of benzene rings is 1. The van der Waals surface area contributed by atoms with Gasteiger partial charge in [-0.15, -0.1) is 0 Å². The first-order valence-corrected chi connectivity index (χ1v) is 5.91. The topological polar surface area (TPSA) is 22.1 Å². The van der Waals surface area contributed by atoms with Crippen LogP contribution < -0.4 is 4.74 Å². The number of pyridine rings is 1. The summed E-state index contributed by atoms with van der Waals surface area (Å²) in [4.78, 5) is 3.94. The standard InChI is InChI=1S/C13H11Cl2NO/c1-9-4-5-10(11(14)7-9)8-17-12-3-2-6-16-13(12)15/h2-7H,8H2,1H3. The summed E-state index contributed by atoms with van der Waals surface area (Å²) in [6.07, 6.45) is 1.62. The third-order valence-electron chi connectivity index (χ3n) is 2.32. The molecule has 0 bridgehead atoms. The molecule has 0 atom stereocenters. The van der Waals surface area contributed by atoms with Crippen LogP contribution in [0.2, 0.25) is 10.2 Å². The van der Waals surface area contributed by atoms with E-state index in [-0.39, 0.29) is 0 Å². The average molecular weight is 268 g/mol. The van der Waals surface area contributed by atoms with Crippen molar-refractivity contribution in [2.24, 2.45) is 0 Å². The Morgan fingerprint density at radius 3 is 2.76 bits per heavy atom. The van der Waals surface area contributed by atoms with Crippen molar-refractivity contribution in [1.29, 1.82) is 0 Å². The van der Waals surface area contributed by atoms with Crippen LogP contribution in [-0.2, 0) is 6.61 Å². The lowest BCUT2D eigenvalue weighted by molar-refractivity contribution is 0.305. The average Bonchev–Trinajstić information content (AvgIpc) is 2.30. The summed E-state index contributed by atoms with van der Waals surface area (Å²) >= 11 is 12.0. The van der Waals surface area contributed by atoms with Gasteiger partial charge in [-0.05, 0) is 30.7 Å². The van der Waals surface area contributed by atoms with Crippen molar-refractivity contribution in [1.82, 2.24) is 4.98 Å². The summed E-state index contributed by atoms with van der Waals surface area (Å²) in [6.45, 7) is 2.37. The lowest BCUT2D eigenvalue weighted by Crippen LogP contribution is -1.97. The highest BCUT2D eigenvalue weighted by molar-refractivity contribution is 6.31. The Morgan fingerprint density at radius 2 is 2.06 bits per heavy atom. The maximum absolute atomic E-state index is 6.11. The van der Waals surface area contributed by atoms with Gasteiger partial charge in [-0.2, -0.15) is 0 Å². The highest BCUT2D eigenvalue weighted by atomic mass is 35.5. The number of nitrogens with zero attached hydrogens (tertiary/aromatic N) is 1. The van der Waals surface area contributed by atoms with E-state index in [4.69, 9.17) is 27.9 Å². The van der Waals surface area contributed by atoms with Gasteiger partial charge in [-0.25, -0.2) is 4.98 Å². The number of ether oxygens (including phenoxy) is 1. The van der Waals surface area contributed by atoms with Gasteiger partial charge in [0, 0.05) is 16.8 Å². The molecular weight excluding hydrogens is 257 g/mol. The molecule has 0 spiro atoms. The van der Waals surface area contributed by atoms with Gasteiger partial charge >= 0.3 is 0 Å². The molecule has 0 saturated carbocycles. The van der Waals surface area contributed by atoms with Crippen molar-refractivity contribution < 1.29 is 4.74 Å². The molecule has 0 aliphatic rings. The van der Waals surface area contributed by atoms with E-state index in [1.54, 1.807) is 18.3 Å². The molecule has 2 aromatic rings. The minimum Gasteiger partial charge on any atom is -0.486 e. The summed E-state index contributed by atoms with van der Waals surface area (Å²) < 4.78 is 5.56. The molecule has 0 saturated heterocycles. The molecule has 0 radical (unpaired) electrons. The van der Waals surface area contributed by atoms with E-state index in [0.29, 0.717) is 22.5 Å². The van der Waals surface area contributed by atoms with Crippen LogP contribution in [0.3, 0.4) is 0 Å². The molecule has 88 valence electrons. The zero-order chi connectivity index (χ0) is 12.3. The van der Waals surface area contributed by atoms with Gasteiger partial charge < -0.3 is 4.74 Å². The third kappa shape index (κ3) is 3.11. The smallest absolute Gasteiger partial charge is 0.171 e. The number of aromatic nitrogens is 1. The molecular formula is C13H11Cl2NO. The molecule has 0 unspecified atom stereocenters. The molecule has 0 N–H and O–H groups in total. The molecule has 17 heavy (non-hydrogen) atoms. The lowest BCUT2D eigenvalue weighted by Gasteiger charge is -2.08. The summed E-state index contributed by atoms with van der Waals surface area (Å²) in [5, 5.41) is 1.06. The fourth-order valence-electron chi connectivity index (χ4n) is 1.40. The van der Waals surface area contributed by atoms with Crippen LogP contribution in [0.15, 0.2) is 36.5 Å². The van der Waals surface area contributed by atoms with Crippen molar-refractivity contribution in [3.05, 3.63) is 57.8 Å². The van der Waals surface area contributed by atoms with E-state index in [1.807, 2.05) is 25.1 Å². The monoisotopic (exact) mass is 267 g/mol. The Balaban J connectivity index is 2.10. The SMILES string of the molecule is Cc1ccc(COc2cccnc2Cl)c(Cl)c1. The van der Waals surface area contributed by atoms with Gasteiger partial charge in [0.25, 0.3) is 0 Å². The van der Waals surface area contributed by atoms with Gasteiger partial charge in [0.2, 0.25) is 0 Å². The molecule has 0 amide bonds. The van der Waals surface area contributed by atoms with Crippen LogP contribution in [0.25, 0.3) is 0 Å². The number of hydrogen-bond acceptors (Lipinski definition) is 2.